The molecule has 6 nitrogen and oxygen atoms in total. The molecule has 29 heavy (non-hydrogen) atoms. The predicted molar refractivity (Wildman–Crippen MR) is 114 cm³/mol. The second kappa shape index (κ2) is 11.8. The number of ether oxygens (including phenoxy) is 4. The molecule has 1 atom stereocenters. The van der Waals surface area contributed by atoms with E-state index in [1.54, 1.807) is 39.5 Å². The van der Waals surface area contributed by atoms with E-state index in [1.165, 1.54) is 6.08 Å². The van der Waals surface area contributed by atoms with Crippen molar-refractivity contribution < 1.29 is 23.7 Å². The molecular weight excluding hydrogens is 370 g/mol. The summed E-state index contributed by atoms with van der Waals surface area (Å²) in [7, 11) is 4.66. The third-order valence-electron chi connectivity index (χ3n) is 4.37. The quantitative estimate of drug-likeness (QED) is 0.457. The molecule has 0 heterocycles. The largest absolute Gasteiger partial charge is 0.493 e. The molecule has 0 spiro atoms. The Labute approximate surface area is 172 Å². The second-order valence-electron chi connectivity index (χ2n) is 6.36. The zero-order valence-corrected chi connectivity index (χ0v) is 17.4. The van der Waals surface area contributed by atoms with Gasteiger partial charge >= 0.3 is 0 Å². The van der Waals surface area contributed by atoms with Crippen LogP contribution in [0.5, 0.6) is 17.2 Å². The van der Waals surface area contributed by atoms with Crippen molar-refractivity contribution in [3.05, 3.63) is 59.7 Å². The smallest absolute Gasteiger partial charge is 0.244 e. The van der Waals surface area contributed by atoms with Crippen molar-refractivity contribution in [3.8, 4) is 17.2 Å². The molecule has 6 heteroatoms. The van der Waals surface area contributed by atoms with E-state index in [0.717, 1.165) is 17.5 Å². The molecule has 0 saturated carbocycles. The lowest BCUT2D eigenvalue weighted by Crippen LogP contribution is -2.23. The number of nitrogens with one attached hydrogen (secondary N) is 1. The van der Waals surface area contributed by atoms with E-state index in [1.807, 2.05) is 37.3 Å². The lowest BCUT2D eigenvalue weighted by molar-refractivity contribution is -0.116. The first-order valence-electron chi connectivity index (χ1n) is 9.51. The van der Waals surface area contributed by atoms with Crippen LogP contribution < -0.4 is 19.5 Å². The van der Waals surface area contributed by atoms with Gasteiger partial charge in [0.15, 0.2) is 11.5 Å². The Morgan fingerprint density at radius 3 is 2.28 bits per heavy atom. The molecule has 1 amide bonds. The Bertz CT molecular complexity index is 779. The van der Waals surface area contributed by atoms with E-state index >= 15 is 0 Å². The zero-order chi connectivity index (χ0) is 21.1. The average Bonchev–Trinajstić information content (AvgIpc) is 2.76. The molecule has 1 N–H and O–H groups in total. The number of hydrogen-bond acceptors (Lipinski definition) is 5. The Morgan fingerprint density at radius 1 is 1.03 bits per heavy atom. The molecular formula is C23H29NO5. The van der Waals surface area contributed by atoms with Gasteiger partial charge in [0.2, 0.25) is 11.7 Å². The van der Waals surface area contributed by atoms with Gasteiger partial charge in [0.1, 0.15) is 0 Å². The van der Waals surface area contributed by atoms with Crippen molar-refractivity contribution in [3.63, 3.8) is 0 Å². The predicted octanol–water partition coefficient (Wildman–Crippen LogP) is 4.01. The average molecular weight is 399 g/mol. The van der Waals surface area contributed by atoms with Crippen LogP contribution in [-0.4, -0.2) is 40.4 Å². The molecule has 0 aromatic heterocycles. The van der Waals surface area contributed by atoms with Gasteiger partial charge < -0.3 is 24.3 Å². The fourth-order valence-electron chi connectivity index (χ4n) is 2.79. The van der Waals surface area contributed by atoms with Crippen LogP contribution in [-0.2, 0) is 9.53 Å². The Morgan fingerprint density at radius 2 is 1.69 bits per heavy atom. The number of methoxy groups -OCH3 is 3. The summed E-state index contributed by atoms with van der Waals surface area (Å²) in [5.74, 6) is 1.42. The number of hydrogen-bond donors (Lipinski definition) is 1. The molecule has 1 unspecified atom stereocenters. The normalized spacial score (nSPS) is 11.9. The third kappa shape index (κ3) is 6.84. The SMILES string of the molecule is COc1cc(/C=C/C(=O)NCCCOC(C)c2ccccc2)cc(OC)c1OC. The topological polar surface area (TPSA) is 66.0 Å². The van der Waals surface area contributed by atoms with E-state index in [-0.39, 0.29) is 12.0 Å². The minimum Gasteiger partial charge on any atom is -0.493 e. The van der Waals surface area contributed by atoms with Gasteiger partial charge in [-0.3, -0.25) is 4.79 Å². The molecule has 0 saturated heterocycles. The van der Waals surface area contributed by atoms with Gasteiger partial charge in [0.25, 0.3) is 0 Å². The summed E-state index contributed by atoms with van der Waals surface area (Å²) in [6.07, 6.45) is 3.95. The second-order valence-corrected chi connectivity index (χ2v) is 6.36. The van der Waals surface area contributed by atoms with Crippen molar-refractivity contribution in [2.24, 2.45) is 0 Å². The molecule has 0 aliphatic heterocycles. The number of carbonyl (C=O) groups excluding carboxylic acids is 1. The summed E-state index contributed by atoms with van der Waals surface area (Å²) < 4.78 is 21.7. The highest BCUT2D eigenvalue weighted by molar-refractivity contribution is 5.91. The molecule has 0 fully saturated rings. The monoisotopic (exact) mass is 399 g/mol. The minimum atomic E-state index is -0.171. The third-order valence-corrected chi connectivity index (χ3v) is 4.37. The summed E-state index contributed by atoms with van der Waals surface area (Å²) in [5.41, 5.74) is 1.92. The van der Waals surface area contributed by atoms with Crippen molar-refractivity contribution in [1.29, 1.82) is 0 Å². The van der Waals surface area contributed by atoms with Gasteiger partial charge in [-0.05, 0) is 42.7 Å². The van der Waals surface area contributed by atoms with Crippen LogP contribution in [0.1, 0.15) is 30.6 Å². The summed E-state index contributed by atoms with van der Waals surface area (Å²) >= 11 is 0. The minimum absolute atomic E-state index is 0.0341. The fourth-order valence-corrected chi connectivity index (χ4v) is 2.79. The maximum Gasteiger partial charge on any atom is 0.244 e. The lowest BCUT2D eigenvalue weighted by Gasteiger charge is -2.13. The summed E-state index contributed by atoms with van der Waals surface area (Å²) in [6.45, 7) is 3.14. The van der Waals surface area contributed by atoms with E-state index in [9.17, 15) is 4.79 Å². The van der Waals surface area contributed by atoms with E-state index in [0.29, 0.717) is 30.4 Å². The molecule has 0 aliphatic carbocycles. The first-order valence-corrected chi connectivity index (χ1v) is 9.51. The molecule has 2 aromatic rings. The van der Waals surface area contributed by atoms with Gasteiger partial charge in [-0.2, -0.15) is 0 Å². The standard InChI is InChI=1S/C23H29NO5/c1-17(19-9-6-5-7-10-19)29-14-8-13-24-22(25)12-11-18-15-20(26-2)23(28-4)21(16-18)27-3/h5-7,9-12,15-17H,8,13-14H2,1-4H3,(H,24,25)/b12-11+. The van der Waals surface area contributed by atoms with Crippen LogP contribution in [0, 0.1) is 0 Å². The highest BCUT2D eigenvalue weighted by atomic mass is 16.5. The van der Waals surface area contributed by atoms with Gasteiger partial charge in [0, 0.05) is 19.2 Å². The molecule has 2 aromatic carbocycles. The van der Waals surface area contributed by atoms with Crippen molar-refractivity contribution in [2.45, 2.75) is 19.4 Å². The highest BCUT2D eigenvalue weighted by Gasteiger charge is 2.12. The lowest BCUT2D eigenvalue weighted by atomic mass is 10.1. The maximum absolute atomic E-state index is 12.0. The van der Waals surface area contributed by atoms with Crippen LogP contribution in [0.15, 0.2) is 48.5 Å². The van der Waals surface area contributed by atoms with Gasteiger partial charge in [-0.15, -0.1) is 0 Å². The summed E-state index contributed by atoms with van der Waals surface area (Å²) in [5, 5.41) is 2.85. The van der Waals surface area contributed by atoms with E-state index in [4.69, 9.17) is 18.9 Å². The van der Waals surface area contributed by atoms with Crippen molar-refractivity contribution in [2.75, 3.05) is 34.5 Å². The highest BCUT2D eigenvalue weighted by Crippen LogP contribution is 2.38. The van der Waals surface area contributed by atoms with E-state index < -0.39 is 0 Å². The van der Waals surface area contributed by atoms with Gasteiger partial charge in [-0.1, -0.05) is 30.3 Å². The number of rotatable bonds is 11. The van der Waals surface area contributed by atoms with Crippen LogP contribution in [0.3, 0.4) is 0 Å². The first kappa shape index (κ1) is 22.3. The fraction of sp³-hybridized carbons (Fsp3) is 0.348. The number of carbonyl (C=O) groups is 1. The van der Waals surface area contributed by atoms with Crippen LogP contribution >= 0.6 is 0 Å². The Balaban J connectivity index is 1.78. The zero-order valence-electron chi connectivity index (χ0n) is 17.4. The Kier molecular flexibility index (Phi) is 9.05. The summed E-state index contributed by atoms with van der Waals surface area (Å²) in [4.78, 5) is 12.0. The van der Waals surface area contributed by atoms with Crippen LogP contribution in [0.25, 0.3) is 6.08 Å². The van der Waals surface area contributed by atoms with Crippen LogP contribution in [0.2, 0.25) is 0 Å². The summed E-state index contributed by atoms with van der Waals surface area (Å²) in [6, 6.07) is 13.6. The van der Waals surface area contributed by atoms with E-state index in [2.05, 4.69) is 5.32 Å². The first-order chi connectivity index (χ1) is 14.1. The van der Waals surface area contributed by atoms with Gasteiger partial charge in [0.05, 0.1) is 27.4 Å². The van der Waals surface area contributed by atoms with Crippen molar-refractivity contribution in [1.82, 2.24) is 5.32 Å². The van der Waals surface area contributed by atoms with Crippen molar-refractivity contribution >= 4 is 12.0 Å². The molecule has 156 valence electrons. The molecule has 0 radical (unpaired) electrons. The molecule has 2 rings (SSSR count). The molecule has 0 aliphatic rings. The van der Waals surface area contributed by atoms with Crippen LogP contribution in [0.4, 0.5) is 0 Å². The maximum atomic E-state index is 12.0. The number of amides is 1. The number of benzene rings is 2. The Hall–Kier alpha value is -2.99. The van der Waals surface area contributed by atoms with Gasteiger partial charge in [-0.25, -0.2) is 0 Å². The molecule has 0 bridgehead atoms.